The second-order valence-electron chi connectivity index (χ2n) is 6.00. The van der Waals surface area contributed by atoms with Crippen LogP contribution in [0.15, 0.2) is 24.4 Å². The van der Waals surface area contributed by atoms with E-state index in [9.17, 15) is 4.39 Å². The van der Waals surface area contributed by atoms with Crippen LogP contribution >= 0.6 is 11.6 Å². The molecule has 4 heteroatoms. The van der Waals surface area contributed by atoms with Gasteiger partial charge in [0, 0.05) is 30.2 Å². The number of fused-ring (bicyclic) bond motifs is 2. The summed E-state index contributed by atoms with van der Waals surface area (Å²) in [6.07, 6.45) is 4.31. The summed E-state index contributed by atoms with van der Waals surface area (Å²) in [5, 5.41) is 1.06. The van der Waals surface area contributed by atoms with Crippen LogP contribution in [0.1, 0.15) is 12.5 Å². The Labute approximate surface area is 122 Å². The molecule has 20 heavy (non-hydrogen) atoms. The lowest BCUT2D eigenvalue weighted by Crippen LogP contribution is -2.43. The van der Waals surface area contributed by atoms with Crippen molar-refractivity contribution in [3.05, 3.63) is 40.8 Å². The minimum absolute atomic E-state index is 0.235. The molecule has 1 aromatic heterocycles. The van der Waals surface area contributed by atoms with Crippen molar-refractivity contribution in [2.24, 2.45) is 5.92 Å². The lowest BCUT2D eigenvalue weighted by Gasteiger charge is -2.39. The number of likely N-dealkylation sites (N-methyl/N-ethyl adjacent to an activating group) is 1. The Hall–Kier alpha value is -1.32. The third-order valence-corrected chi connectivity index (χ3v) is 4.93. The molecule has 0 amide bonds. The van der Waals surface area contributed by atoms with Gasteiger partial charge in [0.2, 0.25) is 0 Å². The Balaban J connectivity index is 2.06. The van der Waals surface area contributed by atoms with Crippen LogP contribution in [0.2, 0.25) is 5.02 Å². The Bertz CT molecular complexity index is 747. The lowest BCUT2D eigenvalue weighted by molar-refractivity contribution is 0.234. The van der Waals surface area contributed by atoms with E-state index in [1.807, 2.05) is 12.3 Å². The topological polar surface area (TPSA) is 8.17 Å². The fraction of sp³-hybridized carbons (Fsp3) is 0.375. The van der Waals surface area contributed by atoms with Gasteiger partial charge in [0.15, 0.2) is 0 Å². The maximum absolute atomic E-state index is 14.1. The molecule has 104 valence electrons. The number of rotatable bonds is 0. The Morgan fingerprint density at radius 2 is 2.15 bits per heavy atom. The van der Waals surface area contributed by atoms with Crippen molar-refractivity contribution >= 4 is 28.1 Å². The van der Waals surface area contributed by atoms with Gasteiger partial charge in [-0.1, -0.05) is 24.6 Å². The zero-order chi connectivity index (χ0) is 14.0. The van der Waals surface area contributed by atoms with Gasteiger partial charge in [-0.25, -0.2) is 4.39 Å². The number of hydrogen-bond acceptors (Lipinski definition) is 1. The molecule has 0 spiro atoms. The maximum atomic E-state index is 14.1. The van der Waals surface area contributed by atoms with Crippen molar-refractivity contribution in [2.45, 2.75) is 19.5 Å². The first-order valence-corrected chi connectivity index (χ1v) is 7.33. The molecule has 1 aromatic carbocycles. The molecule has 0 saturated heterocycles. The minimum atomic E-state index is -0.325. The second kappa shape index (κ2) is 4.09. The van der Waals surface area contributed by atoms with Crippen molar-refractivity contribution < 1.29 is 4.39 Å². The van der Waals surface area contributed by atoms with Gasteiger partial charge in [0.1, 0.15) is 5.82 Å². The first-order valence-electron chi connectivity index (χ1n) is 6.95. The highest BCUT2D eigenvalue weighted by atomic mass is 35.5. The average molecular weight is 291 g/mol. The van der Waals surface area contributed by atoms with E-state index >= 15 is 0 Å². The van der Waals surface area contributed by atoms with Crippen molar-refractivity contribution in [3.8, 4) is 0 Å². The number of nitrogens with zero attached hydrogens (tertiary/aromatic N) is 2. The van der Waals surface area contributed by atoms with Gasteiger partial charge >= 0.3 is 0 Å². The van der Waals surface area contributed by atoms with Gasteiger partial charge in [0.05, 0.1) is 16.6 Å². The minimum Gasteiger partial charge on any atom is -0.345 e. The van der Waals surface area contributed by atoms with Crippen LogP contribution in [-0.4, -0.2) is 29.1 Å². The lowest BCUT2D eigenvalue weighted by atomic mass is 9.86. The third kappa shape index (κ3) is 1.54. The molecule has 4 rings (SSSR count). The van der Waals surface area contributed by atoms with Crippen molar-refractivity contribution in [1.82, 2.24) is 9.47 Å². The number of benzene rings is 1. The summed E-state index contributed by atoms with van der Waals surface area (Å²) >= 11 is 6.11. The van der Waals surface area contributed by atoms with E-state index in [1.54, 1.807) is 6.07 Å². The first-order chi connectivity index (χ1) is 9.56. The molecule has 2 aromatic rings. The molecule has 2 atom stereocenters. The van der Waals surface area contributed by atoms with Gasteiger partial charge in [-0.15, -0.1) is 0 Å². The predicted molar refractivity (Wildman–Crippen MR) is 80.5 cm³/mol. The fourth-order valence-corrected chi connectivity index (χ4v) is 3.90. The Kier molecular flexibility index (Phi) is 2.54. The number of halogens is 2. The van der Waals surface area contributed by atoms with E-state index < -0.39 is 0 Å². The largest absolute Gasteiger partial charge is 0.345 e. The monoisotopic (exact) mass is 290 g/mol. The number of hydrogen-bond donors (Lipinski definition) is 0. The third-order valence-electron chi connectivity index (χ3n) is 4.55. The quantitative estimate of drug-likeness (QED) is 0.717. The first kappa shape index (κ1) is 12.4. The smallest absolute Gasteiger partial charge is 0.143 e. The molecule has 0 saturated carbocycles. The molecular formula is C16H16ClFN2. The summed E-state index contributed by atoms with van der Waals surface area (Å²) in [7, 11) is 2.14. The summed E-state index contributed by atoms with van der Waals surface area (Å²) in [6.45, 7) is 4.16. The fourth-order valence-electron chi connectivity index (χ4n) is 3.69. The molecule has 0 N–H and O–H groups in total. The molecule has 2 aliphatic heterocycles. The van der Waals surface area contributed by atoms with E-state index in [0.717, 1.165) is 29.6 Å². The van der Waals surface area contributed by atoms with Crippen LogP contribution in [0.4, 0.5) is 4.39 Å². The van der Waals surface area contributed by atoms with Crippen molar-refractivity contribution in [3.63, 3.8) is 0 Å². The zero-order valence-corrected chi connectivity index (χ0v) is 12.3. The molecule has 3 heterocycles. The van der Waals surface area contributed by atoms with Crippen LogP contribution < -0.4 is 0 Å². The summed E-state index contributed by atoms with van der Waals surface area (Å²) in [5.41, 5.74) is 3.32. The standard InChI is InChI=1S/C16H16ClFN2/c1-9-5-11-12-6-13(18)15(17)10-3-4-20(16(10)12)8-14(11)19(2)7-9/h3-6,9,14H,7-8H2,1-2H3/t9-,14-/m0/s1. The predicted octanol–water partition coefficient (Wildman–Crippen LogP) is 3.78. The van der Waals surface area contributed by atoms with Gasteiger partial charge in [-0.2, -0.15) is 0 Å². The normalized spacial score (nSPS) is 25.7. The van der Waals surface area contributed by atoms with Gasteiger partial charge in [-0.3, -0.25) is 4.90 Å². The highest BCUT2D eigenvalue weighted by Crippen LogP contribution is 2.41. The van der Waals surface area contributed by atoms with Crippen LogP contribution in [0.25, 0.3) is 16.5 Å². The van der Waals surface area contributed by atoms with Crippen LogP contribution in [-0.2, 0) is 6.54 Å². The summed E-state index contributed by atoms with van der Waals surface area (Å²) < 4.78 is 16.3. The number of aromatic nitrogens is 1. The Morgan fingerprint density at radius 3 is 2.95 bits per heavy atom. The zero-order valence-electron chi connectivity index (χ0n) is 11.5. The summed E-state index contributed by atoms with van der Waals surface area (Å²) in [6, 6.07) is 3.85. The van der Waals surface area contributed by atoms with Gasteiger partial charge < -0.3 is 4.57 Å². The van der Waals surface area contributed by atoms with E-state index in [4.69, 9.17) is 11.6 Å². The van der Waals surface area contributed by atoms with Crippen LogP contribution in [0, 0.1) is 11.7 Å². The van der Waals surface area contributed by atoms with Crippen LogP contribution in [0.3, 0.4) is 0 Å². The van der Waals surface area contributed by atoms with E-state index in [0.29, 0.717) is 12.0 Å². The van der Waals surface area contributed by atoms with Gasteiger partial charge in [0.25, 0.3) is 0 Å². The highest BCUT2D eigenvalue weighted by molar-refractivity contribution is 6.36. The Morgan fingerprint density at radius 1 is 1.35 bits per heavy atom. The summed E-state index contributed by atoms with van der Waals surface area (Å²) in [4.78, 5) is 2.36. The highest BCUT2D eigenvalue weighted by Gasteiger charge is 2.33. The van der Waals surface area contributed by atoms with E-state index in [-0.39, 0.29) is 10.8 Å². The van der Waals surface area contributed by atoms with E-state index in [1.165, 1.54) is 5.57 Å². The molecule has 2 aliphatic rings. The molecule has 0 fully saturated rings. The van der Waals surface area contributed by atoms with Crippen molar-refractivity contribution in [2.75, 3.05) is 13.6 Å². The molecule has 0 aliphatic carbocycles. The molecule has 0 radical (unpaired) electrons. The van der Waals surface area contributed by atoms with Crippen molar-refractivity contribution in [1.29, 1.82) is 0 Å². The molecular weight excluding hydrogens is 275 g/mol. The summed E-state index contributed by atoms with van der Waals surface area (Å²) in [5.74, 6) is 0.163. The molecule has 0 unspecified atom stereocenters. The second-order valence-corrected chi connectivity index (χ2v) is 6.38. The van der Waals surface area contributed by atoms with Crippen LogP contribution in [0.5, 0.6) is 0 Å². The maximum Gasteiger partial charge on any atom is 0.143 e. The SMILES string of the molecule is C[C@H]1C=C2c3cc(F)c(Cl)c4ccn(c34)C[C@@H]2N(C)C1. The molecule has 0 bridgehead atoms. The van der Waals surface area contributed by atoms with E-state index in [2.05, 4.69) is 29.5 Å². The van der Waals surface area contributed by atoms with Gasteiger partial charge in [-0.05, 0) is 30.7 Å². The average Bonchev–Trinajstić information content (AvgIpc) is 2.81. The molecule has 2 nitrogen and oxygen atoms in total.